The third-order valence-electron chi connectivity index (χ3n) is 1.84. The van der Waals surface area contributed by atoms with Gasteiger partial charge in [-0.15, -0.1) is 0 Å². The van der Waals surface area contributed by atoms with Crippen LogP contribution in [0.15, 0.2) is 0 Å². The first-order valence-corrected chi connectivity index (χ1v) is 4.03. The minimum absolute atomic E-state index is 0.149. The molecule has 0 N–H and O–H groups in total. The number of carbonyl (C=O) groups is 1. The summed E-state index contributed by atoms with van der Waals surface area (Å²) >= 11 is 4.23. The normalized spacial score (nSPS) is 21.4. The summed E-state index contributed by atoms with van der Waals surface area (Å²) in [4.78, 5) is 11.0. The van der Waals surface area contributed by atoms with E-state index in [9.17, 15) is 4.79 Å². The molecule has 0 spiro atoms. The van der Waals surface area contributed by atoms with Crippen molar-refractivity contribution in [3.05, 3.63) is 0 Å². The van der Waals surface area contributed by atoms with Crippen molar-refractivity contribution in [2.24, 2.45) is 0 Å². The summed E-state index contributed by atoms with van der Waals surface area (Å²) in [7, 11) is 0. The van der Waals surface area contributed by atoms with E-state index in [4.69, 9.17) is 4.74 Å². The van der Waals surface area contributed by atoms with Gasteiger partial charge in [0.1, 0.15) is 4.75 Å². The number of hydrogen-bond donors (Lipinski definition) is 1. The highest BCUT2D eigenvalue weighted by Crippen LogP contribution is 2.38. The number of ether oxygens (including phenoxy) is 1. The quantitative estimate of drug-likeness (QED) is 0.488. The van der Waals surface area contributed by atoms with Gasteiger partial charge in [0.2, 0.25) is 0 Å². The Hall–Kier alpha value is -0.180. The lowest BCUT2D eigenvalue weighted by Crippen LogP contribution is -2.41. The largest absolute Gasteiger partial charge is 0.465 e. The third-order valence-corrected chi connectivity index (χ3v) is 2.47. The first-order valence-electron chi connectivity index (χ1n) is 3.58. The minimum Gasteiger partial charge on any atom is -0.465 e. The van der Waals surface area contributed by atoms with Gasteiger partial charge < -0.3 is 4.74 Å². The number of esters is 1. The molecule has 0 aromatic rings. The predicted octanol–water partition coefficient (Wildman–Crippen LogP) is 1.40. The number of thiol groups is 1. The van der Waals surface area contributed by atoms with Gasteiger partial charge in [0, 0.05) is 0 Å². The maximum absolute atomic E-state index is 11.0. The van der Waals surface area contributed by atoms with E-state index in [0.717, 1.165) is 19.3 Å². The molecule has 0 aliphatic heterocycles. The molecule has 0 atom stereocenters. The van der Waals surface area contributed by atoms with Crippen molar-refractivity contribution < 1.29 is 9.53 Å². The molecule has 3 heteroatoms. The fourth-order valence-corrected chi connectivity index (χ4v) is 1.36. The van der Waals surface area contributed by atoms with E-state index in [-0.39, 0.29) is 5.97 Å². The van der Waals surface area contributed by atoms with E-state index in [1.807, 2.05) is 6.92 Å². The van der Waals surface area contributed by atoms with Gasteiger partial charge in [-0.2, -0.15) is 12.6 Å². The van der Waals surface area contributed by atoms with Gasteiger partial charge in [-0.05, 0) is 26.2 Å². The molecule has 1 aliphatic rings. The van der Waals surface area contributed by atoms with Crippen LogP contribution in [0.2, 0.25) is 0 Å². The molecule has 0 saturated heterocycles. The van der Waals surface area contributed by atoms with Crippen molar-refractivity contribution in [3.63, 3.8) is 0 Å². The van der Waals surface area contributed by atoms with E-state index in [2.05, 4.69) is 12.6 Å². The lowest BCUT2D eigenvalue weighted by Gasteiger charge is -2.34. The zero-order valence-electron chi connectivity index (χ0n) is 6.09. The second-order valence-electron chi connectivity index (χ2n) is 2.61. The molecule has 0 radical (unpaired) electrons. The van der Waals surface area contributed by atoms with Crippen molar-refractivity contribution in [2.45, 2.75) is 30.9 Å². The molecule has 0 aromatic carbocycles. The molecule has 1 aliphatic carbocycles. The topological polar surface area (TPSA) is 26.3 Å². The smallest absolute Gasteiger partial charge is 0.321 e. The summed E-state index contributed by atoms with van der Waals surface area (Å²) in [5.41, 5.74) is 0. The van der Waals surface area contributed by atoms with E-state index in [1.165, 1.54) is 0 Å². The average molecular weight is 160 g/mol. The van der Waals surface area contributed by atoms with E-state index in [0.29, 0.717) is 6.61 Å². The van der Waals surface area contributed by atoms with E-state index >= 15 is 0 Å². The summed E-state index contributed by atoms with van der Waals surface area (Å²) in [6, 6.07) is 0. The van der Waals surface area contributed by atoms with Gasteiger partial charge in [0.15, 0.2) is 0 Å². The lowest BCUT2D eigenvalue weighted by atomic mass is 9.84. The van der Waals surface area contributed by atoms with Gasteiger partial charge in [-0.25, -0.2) is 0 Å². The molecule has 0 unspecified atom stereocenters. The number of carbonyl (C=O) groups excluding carboxylic acids is 1. The second-order valence-corrected chi connectivity index (χ2v) is 3.46. The average Bonchev–Trinajstić information content (AvgIpc) is 1.83. The Morgan fingerprint density at radius 2 is 2.30 bits per heavy atom. The number of rotatable bonds is 2. The van der Waals surface area contributed by atoms with Crippen LogP contribution in [0.5, 0.6) is 0 Å². The van der Waals surface area contributed by atoms with Gasteiger partial charge >= 0.3 is 5.97 Å². The third kappa shape index (κ3) is 1.29. The molecule has 10 heavy (non-hydrogen) atoms. The maximum Gasteiger partial charge on any atom is 0.321 e. The molecule has 1 saturated carbocycles. The van der Waals surface area contributed by atoms with Crippen LogP contribution in [-0.4, -0.2) is 17.3 Å². The molecule has 1 fully saturated rings. The fraction of sp³-hybridized carbons (Fsp3) is 0.857. The van der Waals surface area contributed by atoms with Crippen LogP contribution in [0.3, 0.4) is 0 Å². The molecular formula is C7H12O2S. The molecule has 1 rings (SSSR count). The SMILES string of the molecule is CCOC(=O)C1(S)CCC1. The Morgan fingerprint density at radius 1 is 1.70 bits per heavy atom. The van der Waals surface area contributed by atoms with Crippen LogP contribution in [0.1, 0.15) is 26.2 Å². The van der Waals surface area contributed by atoms with Crippen LogP contribution < -0.4 is 0 Å². The molecule has 58 valence electrons. The van der Waals surface area contributed by atoms with E-state index in [1.54, 1.807) is 0 Å². The molecule has 0 aromatic heterocycles. The van der Waals surface area contributed by atoms with Gasteiger partial charge in [0.25, 0.3) is 0 Å². The second kappa shape index (κ2) is 2.82. The van der Waals surface area contributed by atoms with E-state index < -0.39 is 4.75 Å². The first kappa shape index (κ1) is 7.92. The monoisotopic (exact) mass is 160 g/mol. The summed E-state index contributed by atoms with van der Waals surface area (Å²) < 4.78 is 4.40. The van der Waals surface area contributed by atoms with Crippen LogP contribution in [0, 0.1) is 0 Å². The first-order chi connectivity index (χ1) is 4.69. The number of hydrogen-bond acceptors (Lipinski definition) is 3. The molecule has 0 heterocycles. The van der Waals surface area contributed by atoms with Crippen LogP contribution in [0.4, 0.5) is 0 Å². The van der Waals surface area contributed by atoms with Crippen molar-refractivity contribution in [2.75, 3.05) is 6.61 Å². The fourth-order valence-electron chi connectivity index (χ4n) is 0.981. The molecule has 0 bridgehead atoms. The Bertz CT molecular complexity index is 141. The van der Waals surface area contributed by atoms with Gasteiger partial charge in [-0.1, -0.05) is 0 Å². The van der Waals surface area contributed by atoms with Crippen molar-refractivity contribution in [1.82, 2.24) is 0 Å². The highest BCUT2D eigenvalue weighted by molar-refractivity contribution is 7.82. The standard InChI is InChI=1S/C7H12O2S/c1-2-9-6(8)7(10)4-3-5-7/h10H,2-5H2,1H3. The van der Waals surface area contributed by atoms with Crippen molar-refractivity contribution in [1.29, 1.82) is 0 Å². The predicted molar refractivity (Wildman–Crippen MR) is 42.2 cm³/mol. The zero-order chi connectivity index (χ0) is 7.61. The van der Waals surface area contributed by atoms with Crippen molar-refractivity contribution in [3.8, 4) is 0 Å². The van der Waals surface area contributed by atoms with Gasteiger partial charge in [0.05, 0.1) is 6.61 Å². The van der Waals surface area contributed by atoms with Crippen LogP contribution >= 0.6 is 12.6 Å². The van der Waals surface area contributed by atoms with Crippen LogP contribution in [-0.2, 0) is 9.53 Å². The molecule has 2 nitrogen and oxygen atoms in total. The molecular weight excluding hydrogens is 148 g/mol. The lowest BCUT2D eigenvalue weighted by molar-refractivity contribution is -0.148. The molecule has 0 amide bonds. The maximum atomic E-state index is 11.0. The summed E-state index contributed by atoms with van der Waals surface area (Å²) in [6.45, 7) is 2.27. The Kier molecular flexibility index (Phi) is 2.24. The highest BCUT2D eigenvalue weighted by Gasteiger charge is 2.41. The van der Waals surface area contributed by atoms with Gasteiger partial charge in [-0.3, -0.25) is 4.79 Å². The van der Waals surface area contributed by atoms with Crippen LogP contribution in [0.25, 0.3) is 0 Å². The highest BCUT2D eigenvalue weighted by atomic mass is 32.1. The Morgan fingerprint density at radius 3 is 2.60 bits per heavy atom. The van der Waals surface area contributed by atoms with Crippen molar-refractivity contribution >= 4 is 18.6 Å². The Balaban J connectivity index is 2.39. The summed E-state index contributed by atoms with van der Waals surface area (Å²) in [5, 5.41) is 0. The summed E-state index contributed by atoms with van der Waals surface area (Å²) in [5.74, 6) is -0.149. The Labute approximate surface area is 66.4 Å². The zero-order valence-corrected chi connectivity index (χ0v) is 6.99. The summed E-state index contributed by atoms with van der Waals surface area (Å²) in [6.07, 6.45) is 2.84. The minimum atomic E-state index is -0.435.